The minimum Gasteiger partial charge on any atom is -0.481 e. The first-order chi connectivity index (χ1) is 9.74. The van der Waals surface area contributed by atoms with Gasteiger partial charge in [0.2, 0.25) is 0 Å². The second kappa shape index (κ2) is 8.63. The van der Waals surface area contributed by atoms with Crippen LogP contribution in [0.1, 0.15) is 51.4 Å². The van der Waals surface area contributed by atoms with Crippen LogP contribution in [0.3, 0.4) is 0 Å². The SMILES string of the molecule is O=C(O)CCN1CCN(CCC2CCCCCC2)CC1. The Balaban J connectivity index is 1.58. The summed E-state index contributed by atoms with van der Waals surface area (Å²) in [6.45, 7) is 6.28. The molecule has 1 heterocycles. The summed E-state index contributed by atoms with van der Waals surface area (Å²) in [5.41, 5.74) is 0. The summed E-state index contributed by atoms with van der Waals surface area (Å²) in [7, 11) is 0. The van der Waals surface area contributed by atoms with Crippen molar-refractivity contribution >= 4 is 5.97 Å². The fourth-order valence-corrected chi connectivity index (χ4v) is 3.51. The minimum absolute atomic E-state index is 0.280. The molecule has 0 aromatic heterocycles. The molecular weight excluding hydrogens is 252 g/mol. The number of carboxylic acids is 1. The fraction of sp³-hybridized carbons (Fsp3) is 0.938. The Bertz CT molecular complexity index is 280. The third-order valence-electron chi connectivity index (χ3n) is 4.94. The summed E-state index contributed by atoms with van der Waals surface area (Å²) in [6.07, 6.45) is 10.3. The summed E-state index contributed by atoms with van der Waals surface area (Å²) in [4.78, 5) is 15.4. The first-order valence-electron chi connectivity index (χ1n) is 8.40. The molecule has 4 heteroatoms. The Morgan fingerprint density at radius 3 is 2.00 bits per heavy atom. The van der Waals surface area contributed by atoms with Crippen molar-refractivity contribution in [1.29, 1.82) is 0 Å². The molecule has 1 aliphatic carbocycles. The molecule has 1 aliphatic heterocycles. The van der Waals surface area contributed by atoms with Crippen LogP contribution in [0.15, 0.2) is 0 Å². The van der Waals surface area contributed by atoms with Gasteiger partial charge in [-0.1, -0.05) is 38.5 Å². The van der Waals surface area contributed by atoms with Gasteiger partial charge in [0.05, 0.1) is 6.42 Å². The molecule has 4 nitrogen and oxygen atoms in total. The van der Waals surface area contributed by atoms with E-state index in [9.17, 15) is 4.79 Å². The summed E-state index contributed by atoms with van der Waals surface area (Å²) in [6, 6.07) is 0. The molecule has 20 heavy (non-hydrogen) atoms. The zero-order chi connectivity index (χ0) is 14.2. The van der Waals surface area contributed by atoms with Gasteiger partial charge in [-0.2, -0.15) is 0 Å². The molecule has 0 aromatic rings. The number of hydrogen-bond donors (Lipinski definition) is 1. The molecule has 1 saturated carbocycles. The van der Waals surface area contributed by atoms with Gasteiger partial charge < -0.3 is 14.9 Å². The number of carbonyl (C=O) groups is 1. The van der Waals surface area contributed by atoms with Gasteiger partial charge in [0.25, 0.3) is 0 Å². The maximum absolute atomic E-state index is 10.6. The zero-order valence-electron chi connectivity index (χ0n) is 12.7. The van der Waals surface area contributed by atoms with E-state index in [-0.39, 0.29) is 6.42 Å². The highest BCUT2D eigenvalue weighted by atomic mass is 16.4. The Hall–Kier alpha value is -0.610. The lowest BCUT2D eigenvalue weighted by Crippen LogP contribution is -2.47. The third-order valence-corrected chi connectivity index (χ3v) is 4.94. The monoisotopic (exact) mass is 282 g/mol. The predicted molar refractivity (Wildman–Crippen MR) is 80.9 cm³/mol. The predicted octanol–water partition coefficient (Wildman–Crippen LogP) is 2.44. The number of nitrogens with zero attached hydrogens (tertiary/aromatic N) is 2. The highest BCUT2D eigenvalue weighted by Gasteiger charge is 2.19. The van der Waals surface area contributed by atoms with Crippen molar-refractivity contribution in [2.45, 2.75) is 51.4 Å². The summed E-state index contributed by atoms with van der Waals surface area (Å²) < 4.78 is 0. The van der Waals surface area contributed by atoms with Gasteiger partial charge in [-0.05, 0) is 18.9 Å². The third kappa shape index (κ3) is 5.80. The molecule has 2 rings (SSSR count). The Morgan fingerprint density at radius 2 is 1.45 bits per heavy atom. The Labute approximate surface area is 123 Å². The summed E-state index contributed by atoms with van der Waals surface area (Å²) in [5.74, 6) is 0.281. The topological polar surface area (TPSA) is 43.8 Å². The van der Waals surface area contributed by atoms with Gasteiger partial charge >= 0.3 is 5.97 Å². The van der Waals surface area contributed by atoms with Crippen molar-refractivity contribution in [3.8, 4) is 0 Å². The van der Waals surface area contributed by atoms with Gasteiger partial charge in [-0.15, -0.1) is 0 Å². The van der Waals surface area contributed by atoms with E-state index in [1.54, 1.807) is 0 Å². The van der Waals surface area contributed by atoms with Crippen molar-refractivity contribution < 1.29 is 9.90 Å². The lowest BCUT2D eigenvalue weighted by atomic mass is 9.96. The normalized spacial score (nSPS) is 23.6. The minimum atomic E-state index is -0.680. The highest BCUT2D eigenvalue weighted by Crippen LogP contribution is 2.25. The Kier molecular flexibility index (Phi) is 6.80. The van der Waals surface area contributed by atoms with Crippen molar-refractivity contribution in [2.75, 3.05) is 39.3 Å². The molecule has 116 valence electrons. The van der Waals surface area contributed by atoms with E-state index in [1.807, 2.05) is 0 Å². The maximum atomic E-state index is 10.6. The van der Waals surface area contributed by atoms with Crippen molar-refractivity contribution in [2.24, 2.45) is 5.92 Å². The molecule has 2 aliphatic rings. The van der Waals surface area contributed by atoms with Gasteiger partial charge in [-0.3, -0.25) is 4.79 Å². The first kappa shape index (κ1) is 15.8. The standard InChI is InChI=1S/C16H30N2O2/c19-16(20)8-10-18-13-11-17(12-14-18)9-7-15-5-3-1-2-4-6-15/h15H,1-14H2,(H,19,20). The molecule has 0 bridgehead atoms. The molecule has 0 radical (unpaired) electrons. The number of carboxylic acid groups (broad SMARTS) is 1. The van der Waals surface area contributed by atoms with E-state index >= 15 is 0 Å². The molecule has 1 saturated heterocycles. The second-order valence-electron chi connectivity index (χ2n) is 6.47. The number of piperazine rings is 1. The highest BCUT2D eigenvalue weighted by molar-refractivity contribution is 5.66. The molecule has 0 spiro atoms. The van der Waals surface area contributed by atoms with Crippen LogP contribution in [0.25, 0.3) is 0 Å². The molecule has 1 N–H and O–H groups in total. The van der Waals surface area contributed by atoms with Crippen LogP contribution in [0.2, 0.25) is 0 Å². The van der Waals surface area contributed by atoms with E-state index in [0.29, 0.717) is 6.54 Å². The van der Waals surface area contributed by atoms with Crippen molar-refractivity contribution in [3.05, 3.63) is 0 Å². The quantitative estimate of drug-likeness (QED) is 0.760. The van der Waals surface area contributed by atoms with Gasteiger partial charge in [0, 0.05) is 32.7 Å². The fourth-order valence-electron chi connectivity index (χ4n) is 3.51. The van der Waals surface area contributed by atoms with Crippen LogP contribution < -0.4 is 0 Å². The smallest absolute Gasteiger partial charge is 0.304 e. The van der Waals surface area contributed by atoms with Crippen LogP contribution in [0.5, 0.6) is 0 Å². The second-order valence-corrected chi connectivity index (χ2v) is 6.47. The molecule has 0 amide bonds. The lowest BCUT2D eigenvalue weighted by Gasteiger charge is -2.35. The molecule has 0 atom stereocenters. The van der Waals surface area contributed by atoms with Gasteiger partial charge in [0.1, 0.15) is 0 Å². The number of aliphatic carboxylic acids is 1. The van der Waals surface area contributed by atoms with E-state index in [4.69, 9.17) is 5.11 Å². The van der Waals surface area contributed by atoms with Crippen LogP contribution in [-0.2, 0) is 4.79 Å². The zero-order valence-corrected chi connectivity index (χ0v) is 12.7. The van der Waals surface area contributed by atoms with Gasteiger partial charge in [-0.25, -0.2) is 0 Å². The van der Waals surface area contributed by atoms with Crippen LogP contribution >= 0.6 is 0 Å². The van der Waals surface area contributed by atoms with E-state index in [1.165, 1.54) is 51.5 Å². The molecule has 0 aromatic carbocycles. The van der Waals surface area contributed by atoms with Crippen LogP contribution in [-0.4, -0.2) is 60.1 Å². The average molecular weight is 282 g/mol. The van der Waals surface area contributed by atoms with Crippen LogP contribution in [0.4, 0.5) is 0 Å². The molecule has 0 unspecified atom stereocenters. The number of hydrogen-bond acceptors (Lipinski definition) is 3. The largest absolute Gasteiger partial charge is 0.481 e. The maximum Gasteiger partial charge on any atom is 0.304 e. The average Bonchev–Trinajstić information content (AvgIpc) is 2.72. The van der Waals surface area contributed by atoms with Crippen molar-refractivity contribution in [1.82, 2.24) is 9.80 Å². The van der Waals surface area contributed by atoms with Gasteiger partial charge in [0.15, 0.2) is 0 Å². The lowest BCUT2D eigenvalue weighted by molar-refractivity contribution is -0.137. The Morgan fingerprint density at radius 1 is 0.900 bits per heavy atom. The first-order valence-corrected chi connectivity index (χ1v) is 8.40. The molecule has 2 fully saturated rings. The summed E-state index contributed by atoms with van der Waals surface area (Å²) in [5, 5.41) is 8.71. The van der Waals surface area contributed by atoms with E-state index < -0.39 is 5.97 Å². The van der Waals surface area contributed by atoms with E-state index in [2.05, 4.69) is 9.80 Å². The summed E-state index contributed by atoms with van der Waals surface area (Å²) >= 11 is 0. The van der Waals surface area contributed by atoms with Crippen molar-refractivity contribution in [3.63, 3.8) is 0 Å². The van der Waals surface area contributed by atoms with Crippen LogP contribution in [0, 0.1) is 5.92 Å². The van der Waals surface area contributed by atoms with E-state index in [0.717, 1.165) is 32.1 Å². The number of rotatable bonds is 6. The molecular formula is C16H30N2O2.